The summed E-state index contributed by atoms with van der Waals surface area (Å²) in [7, 11) is 0. The fourth-order valence-electron chi connectivity index (χ4n) is 4.63. The number of aryl methyl sites for hydroxylation is 1. The molecule has 2 amide bonds. The first-order chi connectivity index (χ1) is 21.0. The molecule has 4 heterocycles. The molecule has 1 fully saturated rings. The van der Waals surface area contributed by atoms with Crippen LogP contribution in [0.25, 0.3) is 10.6 Å². The summed E-state index contributed by atoms with van der Waals surface area (Å²) in [6.07, 6.45) is 5.75. The lowest BCUT2D eigenvalue weighted by Crippen LogP contribution is -2.42. The Hall–Kier alpha value is -4.04. The molecular formula is C30H41N7O6S. The van der Waals surface area contributed by atoms with E-state index in [4.69, 9.17) is 19.9 Å². The second-order valence-electron chi connectivity index (χ2n) is 11.4. The van der Waals surface area contributed by atoms with Gasteiger partial charge in [0.1, 0.15) is 10.6 Å². The molecule has 0 saturated carbocycles. The van der Waals surface area contributed by atoms with Crippen molar-refractivity contribution >= 4 is 35.0 Å². The zero-order valence-electron chi connectivity index (χ0n) is 25.7. The Bertz CT molecular complexity index is 1430. The van der Waals surface area contributed by atoms with Gasteiger partial charge in [0.2, 0.25) is 0 Å². The smallest absolute Gasteiger partial charge is 0.410 e. The highest BCUT2D eigenvalue weighted by atomic mass is 32.1. The van der Waals surface area contributed by atoms with E-state index in [0.717, 1.165) is 24.1 Å². The molecule has 1 aliphatic heterocycles. The second kappa shape index (κ2) is 15.1. The third kappa shape index (κ3) is 9.23. The first-order valence-electron chi connectivity index (χ1n) is 14.8. The number of esters is 1. The largest absolute Gasteiger partial charge is 0.461 e. The van der Waals surface area contributed by atoms with Crippen molar-refractivity contribution in [3.63, 3.8) is 0 Å². The number of pyridine rings is 1. The maximum absolute atomic E-state index is 13.0. The summed E-state index contributed by atoms with van der Waals surface area (Å²) < 4.78 is 17.8. The van der Waals surface area contributed by atoms with Crippen molar-refractivity contribution in [2.45, 2.75) is 65.0 Å². The Morgan fingerprint density at radius 3 is 2.73 bits per heavy atom. The van der Waals surface area contributed by atoms with Gasteiger partial charge in [-0.1, -0.05) is 0 Å². The van der Waals surface area contributed by atoms with Crippen LogP contribution < -0.4 is 11.1 Å². The Labute approximate surface area is 261 Å². The molecule has 0 atom stereocenters. The predicted octanol–water partition coefficient (Wildman–Crippen LogP) is 4.11. The van der Waals surface area contributed by atoms with E-state index in [1.165, 1.54) is 11.3 Å². The first-order valence-corrected chi connectivity index (χ1v) is 15.7. The van der Waals surface area contributed by atoms with Crippen LogP contribution in [0.2, 0.25) is 0 Å². The lowest BCUT2D eigenvalue weighted by atomic mass is 10.1. The summed E-state index contributed by atoms with van der Waals surface area (Å²) >= 11 is 1.36. The summed E-state index contributed by atoms with van der Waals surface area (Å²) in [4.78, 5) is 48.3. The van der Waals surface area contributed by atoms with Crippen LogP contribution in [-0.4, -0.2) is 87.7 Å². The summed E-state index contributed by atoms with van der Waals surface area (Å²) in [5, 5.41) is 9.64. The topological polar surface area (TPSA) is 164 Å². The molecule has 238 valence electrons. The van der Waals surface area contributed by atoms with Gasteiger partial charge in [0, 0.05) is 61.9 Å². The molecule has 0 bridgehead atoms. The fraction of sp³-hybridized carbons (Fsp3) is 0.533. The highest BCUT2D eigenvalue weighted by molar-refractivity contribution is 7.13. The van der Waals surface area contributed by atoms with Crippen molar-refractivity contribution in [2.24, 2.45) is 0 Å². The molecule has 14 heteroatoms. The van der Waals surface area contributed by atoms with Crippen molar-refractivity contribution in [2.75, 3.05) is 45.2 Å². The number of nitrogen functional groups attached to an aromatic ring is 1. The normalized spacial score (nSPS) is 13.8. The summed E-state index contributed by atoms with van der Waals surface area (Å²) in [5.41, 5.74) is 7.86. The number of thiazole rings is 1. The van der Waals surface area contributed by atoms with E-state index in [-0.39, 0.29) is 37.1 Å². The van der Waals surface area contributed by atoms with Crippen LogP contribution in [0.15, 0.2) is 29.9 Å². The van der Waals surface area contributed by atoms with Gasteiger partial charge in [0.05, 0.1) is 18.3 Å². The van der Waals surface area contributed by atoms with Crippen LogP contribution in [0.4, 0.5) is 10.5 Å². The van der Waals surface area contributed by atoms with Gasteiger partial charge in [0.25, 0.3) is 5.91 Å². The third-order valence-corrected chi connectivity index (χ3v) is 7.66. The molecule has 13 nitrogen and oxygen atoms in total. The summed E-state index contributed by atoms with van der Waals surface area (Å²) in [6.45, 7) is 9.59. The molecule has 4 rings (SSSR count). The number of carbonyl (C=O) groups excluding carboxylic acids is 3. The van der Waals surface area contributed by atoms with E-state index >= 15 is 0 Å². The van der Waals surface area contributed by atoms with Crippen LogP contribution in [0.5, 0.6) is 0 Å². The fourth-order valence-corrected chi connectivity index (χ4v) is 5.42. The van der Waals surface area contributed by atoms with Crippen LogP contribution in [0.1, 0.15) is 79.7 Å². The van der Waals surface area contributed by atoms with Crippen molar-refractivity contribution < 1.29 is 28.6 Å². The van der Waals surface area contributed by atoms with Gasteiger partial charge < -0.3 is 30.2 Å². The lowest BCUT2D eigenvalue weighted by Gasteiger charge is -2.27. The standard InChI is InChI=1S/C30H41N7O6S/c1-5-42-28(39)24-19-44-27(34-24)20-8-11-32-21(17-20)7-6-13-36(29(40)43-30(2,3)4)14-12-33-26(38)25-23(31)18-37(35-25)22-9-15-41-16-10-22/h8,11,17-19,22H,5-7,9-10,12-16,31H2,1-4H3,(H,33,38). The van der Waals surface area contributed by atoms with E-state index in [9.17, 15) is 14.4 Å². The molecule has 1 saturated heterocycles. The van der Waals surface area contributed by atoms with E-state index in [2.05, 4.69) is 20.4 Å². The molecular weight excluding hydrogens is 586 g/mol. The van der Waals surface area contributed by atoms with Crippen LogP contribution in [0.3, 0.4) is 0 Å². The monoisotopic (exact) mass is 627 g/mol. The Morgan fingerprint density at radius 2 is 2.00 bits per heavy atom. The number of amides is 2. The Kier molecular flexibility index (Phi) is 11.3. The zero-order valence-corrected chi connectivity index (χ0v) is 26.5. The number of aromatic nitrogens is 4. The number of rotatable bonds is 12. The zero-order chi connectivity index (χ0) is 31.7. The van der Waals surface area contributed by atoms with E-state index < -0.39 is 23.6 Å². The average Bonchev–Trinajstić information content (AvgIpc) is 3.64. The first kappa shape index (κ1) is 32.9. The minimum atomic E-state index is -0.671. The number of hydrogen-bond donors (Lipinski definition) is 2. The number of nitrogens with two attached hydrogens (primary N) is 1. The van der Waals surface area contributed by atoms with Gasteiger partial charge in [0.15, 0.2) is 11.4 Å². The number of anilines is 1. The Balaban J connectivity index is 1.33. The van der Waals surface area contributed by atoms with Crippen molar-refractivity contribution in [3.8, 4) is 10.6 Å². The van der Waals surface area contributed by atoms with Crippen LogP contribution in [0, 0.1) is 0 Å². The number of hydrogen-bond acceptors (Lipinski definition) is 11. The predicted molar refractivity (Wildman–Crippen MR) is 165 cm³/mol. The maximum Gasteiger partial charge on any atom is 0.410 e. The van der Waals surface area contributed by atoms with Gasteiger partial charge in [-0.2, -0.15) is 5.10 Å². The van der Waals surface area contributed by atoms with Crippen molar-refractivity contribution in [3.05, 3.63) is 47.0 Å². The van der Waals surface area contributed by atoms with Gasteiger partial charge >= 0.3 is 12.1 Å². The van der Waals surface area contributed by atoms with Gasteiger partial charge in [-0.15, -0.1) is 11.3 Å². The highest BCUT2D eigenvalue weighted by Gasteiger charge is 2.24. The number of nitrogens with zero attached hydrogens (tertiary/aromatic N) is 5. The van der Waals surface area contributed by atoms with Gasteiger partial charge in [-0.05, 0) is 65.5 Å². The highest BCUT2D eigenvalue weighted by Crippen LogP contribution is 2.25. The molecule has 3 aromatic rings. The maximum atomic E-state index is 13.0. The quantitative estimate of drug-likeness (QED) is 0.279. The molecule has 3 aromatic heterocycles. The average molecular weight is 628 g/mol. The molecule has 0 unspecified atom stereocenters. The molecule has 0 radical (unpaired) electrons. The van der Waals surface area contributed by atoms with Gasteiger partial charge in [-0.25, -0.2) is 14.6 Å². The van der Waals surface area contributed by atoms with Crippen molar-refractivity contribution in [1.29, 1.82) is 0 Å². The molecule has 3 N–H and O–H groups in total. The second-order valence-corrected chi connectivity index (χ2v) is 12.2. The SMILES string of the molecule is CCOC(=O)c1csc(-c2ccnc(CCCN(CCNC(=O)c3nn(C4CCOCC4)cc3N)C(=O)OC(C)(C)C)c2)n1. The number of carbonyl (C=O) groups is 3. The minimum absolute atomic E-state index is 0.147. The van der Waals surface area contributed by atoms with E-state index in [1.807, 2.05) is 32.9 Å². The van der Waals surface area contributed by atoms with Crippen LogP contribution >= 0.6 is 11.3 Å². The lowest BCUT2D eigenvalue weighted by molar-refractivity contribution is 0.0248. The summed E-state index contributed by atoms with van der Waals surface area (Å²) in [5.74, 6) is -0.845. The molecule has 1 aliphatic rings. The van der Waals surface area contributed by atoms with Crippen LogP contribution in [-0.2, 0) is 20.6 Å². The number of nitrogens with one attached hydrogen (secondary N) is 1. The van der Waals surface area contributed by atoms with Gasteiger partial charge in [-0.3, -0.25) is 14.5 Å². The number of ether oxygens (including phenoxy) is 3. The minimum Gasteiger partial charge on any atom is -0.461 e. The summed E-state index contributed by atoms with van der Waals surface area (Å²) in [6, 6.07) is 3.91. The molecule has 0 spiro atoms. The van der Waals surface area contributed by atoms with Crippen molar-refractivity contribution in [1.82, 2.24) is 30.0 Å². The van der Waals surface area contributed by atoms with E-state index in [0.29, 0.717) is 43.3 Å². The molecule has 0 aromatic carbocycles. The Morgan fingerprint density at radius 1 is 1.23 bits per heavy atom. The molecule has 44 heavy (non-hydrogen) atoms. The third-order valence-electron chi connectivity index (χ3n) is 6.77. The van der Waals surface area contributed by atoms with E-state index in [1.54, 1.807) is 34.3 Å². The molecule has 0 aliphatic carbocycles.